The molecule has 1 heterocycles. The van der Waals surface area contributed by atoms with Gasteiger partial charge in [0.05, 0.1) is 22.5 Å². The van der Waals surface area contributed by atoms with Crippen LogP contribution in [-0.2, 0) is 0 Å². The molecule has 1 aromatic heterocycles. The number of hydrogen-bond acceptors (Lipinski definition) is 3. The average Bonchev–Trinajstić information content (AvgIpc) is 2.55. The molecule has 3 aromatic rings. The molecule has 2 aromatic carbocycles. The van der Waals surface area contributed by atoms with Crippen LogP contribution in [0.1, 0.15) is 21.5 Å². The summed E-state index contributed by atoms with van der Waals surface area (Å²) in [6.45, 7) is 1.69. The number of rotatable bonds is 3. The highest BCUT2D eigenvalue weighted by Gasteiger charge is 2.22. The van der Waals surface area contributed by atoms with Crippen LogP contribution in [0, 0.1) is 24.4 Å². The highest BCUT2D eigenvalue weighted by molar-refractivity contribution is 6.13. The fraction of sp³-hybridized carbons (Fsp3) is 0.0526. The Kier molecular flexibility index (Phi) is 4.27. The van der Waals surface area contributed by atoms with Gasteiger partial charge in [0.2, 0.25) is 0 Å². The molecule has 0 unspecified atom stereocenters. The van der Waals surface area contributed by atoms with E-state index in [1.807, 2.05) is 0 Å². The zero-order chi connectivity index (χ0) is 18.1. The monoisotopic (exact) mass is 342 g/mol. The number of pyridine rings is 1. The van der Waals surface area contributed by atoms with E-state index in [0.29, 0.717) is 5.56 Å². The van der Waals surface area contributed by atoms with Crippen LogP contribution in [0.15, 0.2) is 48.7 Å². The largest absolute Gasteiger partial charge is 0.396 e. The van der Waals surface area contributed by atoms with Crippen LogP contribution in [-0.4, -0.2) is 10.8 Å². The van der Waals surface area contributed by atoms with Crippen molar-refractivity contribution >= 4 is 11.5 Å². The third-order valence-corrected chi connectivity index (χ3v) is 3.80. The van der Waals surface area contributed by atoms with Crippen LogP contribution >= 0.6 is 0 Å². The SMILES string of the molecule is Cc1ccc(C(=O)c2ccnc(-c3c(F)cccc3F)c2N)c(F)c1. The summed E-state index contributed by atoms with van der Waals surface area (Å²) in [6, 6.07) is 8.78. The molecule has 2 N–H and O–H groups in total. The van der Waals surface area contributed by atoms with Gasteiger partial charge in [-0.3, -0.25) is 9.78 Å². The predicted octanol–water partition coefficient (Wildman–Crippen LogP) is 4.29. The van der Waals surface area contributed by atoms with Gasteiger partial charge in [-0.15, -0.1) is 0 Å². The Hall–Kier alpha value is -3.15. The van der Waals surface area contributed by atoms with E-state index in [1.165, 1.54) is 30.5 Å². The second kappa shape index (κ2) is 6.39. The van der Waals surface area contributed by atoms with Crippen LogP contribution in [0.25, 0.3) is 11.3 Å². The van der Waals surface area contributed by atoms with Crippen LogP contribution in [0.2, 0.25) is 0 Å². The molecule has 3 rings (SSSR count). The van der Waals surface area contributed by atoms with E-state index in [9.17, 15) is 18.0 Å². The lowest BCUT2D eigenvalue weighted by Crippen LogP contribution is -2.10. The van der Waals surface area contributed by atoms with E-state index in [4.69, 9.17) is 5.73 Å². The molecule has 0 fully saturated rings. The number of hydrogen-bond donors (Lipinski definition) is 1. The Morgan fingerprint density at radius 3 is 2.28 bits per heavy atom. The maximum absolute atomic E-state index is 14.1. The van der Waals surface area contributed by atoms with Gasteiger partial charge >= 0.3 is 0 Å². The zero-order valence-corrected chi connectivity index (χ0v) is 13.2. The molecule has 126 valence electrons. The molecule has 0 bridgehead atoms. The van der Waals surface area contributed by atoms with Gasteiger partial charge in [-0.05, 0) is 42.8 Å². The summed E-state index contributed by atoms with van der Waals surface area (Å²) in [5, 5.41) is 0. The molecule has 0 aliphatic rings. The predicted molar refractivity (Wildman–Crippen MR) is 88.6 cm³/mol. The van der Waals surface area contributed by atoms with Crippen molar-refractivity contribution in [1.82, 2.24) is 4.98 Å². The first-order chi connectivity index (χ1) is 11.9. The molecular weight excluding hydrogens is 329 g/mol. The Morgan fingerprint density at radius 2 is 1.64 bits per heavy atom. The van der Waals surface area contributed by atoms with Crippen molar-refractivity contribution in [3.05, 3.63) is 82.8 Å². The molecule has 0 aliphatic heterocycles. The maximum atomic E-state index is 14.1. The van der Waals surface area contributed by atoms with E-state index in [-0.39, 0.29) is 22.5 Å². The minimum absolute atomic E-state index is 0.0737. The standard InChI is InChI=1S/C19H13F3N2O/c1-10-5-6-11(15(22)9-10)19(25)12-7-8-24-18(17(12)23)16-13(20)3-2-4-14(16)21/h2-9H,23H2,1H3. The van der Waals surface area contributed by atoms with Crippen LogP contribution < -0.4 is 5.73 Å². The first-order valence-corrected chi connectivity index (χ1v) is 7.40. The van der Waals surface area contributed by atoms with Crippen molar-refractivity contribution in [2.75, 3.05) is 5.73 Å². The Bertz CT molecular complexity index is 966. The summed E-state index contributed by atoms with van der Waals surface area (Å²) in [4.78, 5) is 16.5. The smallest absolute Gasteiger partial charge is 0.198 e. The van der Waals surface area contributed by atoms with E-state index in [2.05, 4.69) is 4.98 Å². The van der Waals surface area contributed by atoms with Crippen molar-refractivity contribution in [2.24, 2.45) is 0 Å². The lowest BCUT2D eigenvalue weighted by molar-refractivity contribution is 0.103. The van der Waals surface area contributed by atoms with Gasteiger partial charge in [-0.25, -0.2) is 13.2 Å². The fourth-order valence-electron chi connectivity index (χ4n) is 2.54. The fourth-order valence-corrected chi connectivity index (χ4v) is 2.54. The molecule has 0 saturated carbocycles. The molecule has 0 spiro atoms. The Morgan fingerprint density at radius 1 is 0.960 bits per heavy atom. The number of benzene rings is 2. The van der Waals surface area contributed by atoms with Crippen LogP contribution in [0.4, 0.5) is 18.9 Å². The molecule has 0 radical (unpaired) electrons. The molecular formula is C19H13F3N2O. The highest BCUT2D eigenvalue weighted by Crippen LogP contribution is 2.31. The molecule has 6 heteroatoms. The summed E-state index contributed by atoms with van der Waals surface area (Å²) in [5.74, 6) is -3.09. The van der Waals surface area contributed by atoms with Crippen molar-refractivity contribution in [1.29, 1.82) is 0 Å². The lowest BCUT2D eigenvalue weighted by atomic mass is 9.98. The molecule has 0 saturated heterocycles. The topological polar surface area (TPSA) is 56.0 Å². The summed E-state index contributed by atoms with van der Waals surface area (Å²) in [5.41, 5.74) is 5.50. The molecule has 0 atom stereocenters. The Balaban J connectivity index is 2.15. The zero-order valence-electron chi connectivity index (χ0n) is 13.2. The van der Waals surface area contributed by atoms with Crippen LogP contribution in [0.3, 0.4) is 0 Å². The lowest BCUT2D eigenvalue weighted by Gasteiger charge is -2.11. The number of aromatic nitrogens is 1. The summed E-state index contributed by atoms with van der Waals surface area (Å²) in [6.07, 6.45) is 1.21. The van der Waals surface area contributed by atoms with Crippen molar-refractivity contribution in [3.8, 4) is 11.3 Å². The van der Waals surface area contributed by atoms with Gasteiger partial charge in [-0.1, -0.05) is 12.1 Å². The molecule has 0 aliphatic carbocycles. The van der Waals surface area contributed by atoms with E-state index < -0.39 is 28.8 Å². The normalized spacial score (nSPS) is 10.7. The van der Waals surface area contributed by atoms with Gasteiger partial charge in [0.1, 0.15) is 17.5 Å². The summed E-state index contributed by atoms with van der Waals surface area (Å²) < 4.78 is 42.1. The number of anilines is 1. The van der Waals surface area contributed by atoms with Gasteiger partial charge in [0, 0.05) is 11.8 Å². The Labute approximate surface area is 141 Å². The van der Waals surface area contributed by atoms with Crippen molar-refractivity contribution in [3.63, 3.8) is 0 Å². The minimum Gasteiger partial charge on any atom is -0.396 e. The number of carbonyl (C=O) groups is 1. The van der Waals surface area contributed by atoms with E-state index in [0.717, 1.165) is 12.1 Å². The quantitative estimate of drug-likeness (QED) is 0.723. The summed E-state index contributed by atoms with van der Waals surface area (Å²) >= 11 is 0. The number of ketones is 1. The number of carbonyl (C=O) groups excluding carboxylic acids is 1. The highest BCUT2D eigenvalue weighted by atomic mass is 19.1. The second-order valence-corrected chi connectivity index (χ2v) is 5.53. The number of halogens is 3. The second-order valence-electron chi connectivity index (χ2n) is 5.53. The van der Waals surface area contributed by atoms with Crippen molar-refractivity contribution < 1.29 is 18.0 Å². The molecule has 25 heavy (non-hydrogen) atoms. The van der Waals surface area contributed by atoms with Gasteiger partial charge in [0.25, 0.3) is 0 Å². The number of aryl methyl sites for hydroxylation is 1. The molecule has 0 amide bonds. The third-order valence-electron chi connectivity index (χ3n) is 3.80. The third kappa shape index (κ3) is 2.98. The minimum atomic E-state index is -0.856. The summed E-state index contributed by atoms with van der Waals surface area (Å²) in [7, 11) is 0. The first kappa shape index (κ1) is 16.7. The molecule has 3 nitrogen and oxygen atoms in total. The number of nitrogens with two attached hydrogens (primary N) is 1. The van der Waals surface area contributed by atoms with Crippen LogP contribution in [0.5, 0.6) is 0 Å². The van der Waals surface area contributed by atoms with E-state index >= 15 is 0 Å². The van der Waals surface area contributed by atoms with Gasteiger partial charge < -0.3 is 5.73 Å². The van der Waals surface area contributed by atoms with E-state index in [1.54, 1.807) is 13.0 Å². The van der Waals surface area contributed by atoms with Gasteiger partial charge in [-0.2, -0.15) is 0 Å². The van der Waals surface area contributed by atoms with Crippen molar-refractivity contribution in [2.45, 2.75) is 6.92 Å². The first-order valence-electron chi connectivity index (χ1n) is 7.40. The number of nitrogen functional groups attached to an aromatic ring is 1. The number of nitrogens with zero attached hydrogens (tertiary/aromatic N) is 1. The average molecular weight is 342 g/mol. The maximum Gasteiger partial charge on any atom is 0.198 e. The van der Waals surface area contributed by atoms with Gasteiger partial charge in [0.15, 0.2) is 5.78 Å².